The van der Waals surface area contributed by atoms with Gasteiger partial charge in [-0.25, -0.2) is 0 Å². The summed E-state index contributed by atoms with van der Waals surface area (Å²) in [6.45, 7) is 8.38. The van der Waals surface area contributed by atoms with Gasteiger partial charge in [0.1, 0.15) is 0 Å². The van der Waals surface area contributed by atoms with E-state index in [1.807, 2.05) is 0 Å². The van der Waals surface area contributed by atoms with Crippen molar-refractivity contribution in [2.75, 3.05) is 26.2 Å². The fourth-order valence-corrected chi connectivity index (χ4v) is 4.86. The Bertz CT molecular complexity index is 473. The largest absolute Gasteiger partial charge is 0.298 e. The molecule has 0 spiro atoms. The lowest BCUT2D eigenvalue weighted by molar-refractivity contribution is 0.0679. The van der Waals surface area contributed by atoms with E-state index in [-0.39, 0.29) is 0 Å². The maximum atomic E-state index is 2.81. The number of rotatable bonds is 3. The summed E-state index contributed by atoms with van der Waals surface area (Å²) in [5.41, 5.74) is 2.83. The average molecular weight is 284 g/mol. The van der Waals surface area contributed by atoms with Gasteiger partial charge in [-0.2, -0.15) is 0 Å². The first kappa shape index (κ1) is 13.8. The predicted octanol–water partition coefficient (Wildman–Crippen LogP) is 3.30. The van der Waals surface area contributed by atoms with Gasteiger partial charge in [0, 0.05) is 38.8 Å². The van der Waals surface area contributed by atoms with Crippen LogP contribution in [0.15, 0.2) is 24.3 Å². The van der Waals surface area contributed by atoms with Crippen molar-refractivity contribution in [3.63, 3.8) is 0 Å². The molecule has 3 aliphatic rings. The highest BCUT2D eigenvalue weighted by Crippen LogP contribution is 2.46. The molecule has 2 saturated carbocycles. The first-order chi connectivity index (χ1) is 10.3. The van der Waals surface area contributed by atoms with Gasteiger partial charge in [0.25, 0.3) is 0 Å². The number of nitrogens with zero attached hydrogens (tertiary/aromatic N) is 2. The fourth-order valence-electron chi connectivity index (χ4n) is 4.86. The van der Waals surface area contributed by atoms with Crippen LogP contribution in [0.25, 0.3) is 0 Å². The summed E-state index contributed by atoms with van der Waals surface area (Å²) in [5, 5.41) is 0. The van der Waals surface area contributed by atoms with Gasteiger partial charge in [-0.05, 0) is 43.6 Å². The van der Waals surface area contributed by atoms with Crippen molar-refractivity contribution in [3.8, 4) is 0 Å². The normalized spacial score (nSPS) is 33.7. The standard InChI is InChI=1S/C19H28N2/c1-15-2-4-16(5-3-15)14-20-8-10-21(11-9-20)19-13-17-6-7-18(19)12-17/h2-5,17-19H,6-14H2,1H3. The molecule has 3 unspecified atom stereocenters. The highest BCUT2D eigenvalue weighted by Gasteiger charge is 2.42. The molecule has 0 radical (unpaired) electrons. The number of aryl methyl sites for hydroxylation is 1. The van der Waals surface area contributed by atoms with E-state index in [9.17, 15) is 0 Å². The predicted molar refractivity (Wildman–Crippen MR) is 87.3 cm³/mol. The molecule has 1 aromatic carbocycles. The Labute approximate surface area is 129 Å². The minimum atomic E-state index is 0.935. The third-order valence-corrected chi connectivity index (χ3v) is 6.10. The zero-order chi connectivity index (χ0) is 14.2. The SMILES string of the molecule is Cc1ccc(CN2CCN(C3CC4CCC3C4)CC2)cc1. The van der Waals surface area contributed by atoms with Crippen molar-refractivity contribution in [2.24, 2.45) is 11.8 Å². The van der Waals surface area contributed by atoms with Crippen LogP contribution in [-0.2, 0) is 6.54 Å². The molecular weight excluding hydrogens is 256 g/mol. The van der Waals surface area contributed by atoms with Crippen molar-refractivity contribution >= 4 is 0 Å². The molecular formula is C19H28N2. The van der Waals surface area contributed by atoms with Crippen molar-refractivity contribution in [3.05, 3.63) is 35.4 Å². The Morgan fingerprint density at radius 2 is 1.71 bits per heavy atom. The van der Waals surface area contributed by atoms with Crippen molar-refractivity contribution in [2.45, 2.75) is 45.2 Å². The topological polar surface area (TPSA) is 6.48 Å². The van der Waals surface area contributed by atoms with Crippen LogP contribution in [0, 0.1) is 18.8 Å². The van der Waals surface area contributed by atoms with Gasteiger partial charge in [0.2, 0.25) is 0 Å². The molecule has 3 fully saturated rings. The van der Waals surface area contributed by atoms with E-state index < -0.39 is 0 Å². The summed E-state index contributed by atoms with van der Waals surface area (Å²) >= 11 is 0. The molecule has 0 N–H and O–H groups in total. The van der Waals surface area contributed by atoms with E-state index in [0.29, 0.717) is 0 Å². The smallest absolute Gasteiger partial charge is 0.0234 e. The molecule has 1 saturated heterocycles. The lowest BCUT2D eigenvalue weighted by Crippen LogP contribution is -2.51. The molecule has 21 heavy (non-hydrogen) atoms. The minimum Gasteiger partial charge on any atom is -0.298 e. The van der Waals surface area contributed by atoms with E-state index in [2.05, 4.69) is 41.0 Å². The van der Waals surface area contributed by atoms with Crippen LogP contribution in [0.3, 0.4) is 0 Å². The molecule has 1 aromatic rings. The van der Waals surface area contributed by atoms with Crippen LogP contribution < -0.4 is 0 Å². The van der Waals surface area contributed by atoms with Gasteiger partial charge < -0.3 is 0 Å². The van der Waals surface area contributed by atoms with Crippen molar-refractivity contribution in [1.82, 2.24) is 9.80 Å². The monoisotopic (exact) mass is 284 g/mol. The summed E-state index contributed by atoms with van der Waals surface area (Å²) in [5.74, 6) is 2.12. The van der Waals surface area contributed by atoms with Crippen LogP contribution in [0.2, 0.25) is 0 Å². The molecule has 0 amide bonds. The molecule has 3 atom stereocenters. The maximum Gasteiger partial charge on any atom is 0.0234 e. The fraction of sp³-hybridized carbons (Fsp3) is 0.684. The highest BCUT2D eigenvalue weighted by atomic mass is 15.3. The molecule has 2 bridgehead atoms. The Kier molecular flexibility index (Phi) is 3.76. The zero-order valence-electron chi connectivity index (χ0n) is 13.3. The number of piperazine rings is 1. The lowest BCUT2D eigenvalue weighted by Gasteiger charge is -2.41. The van der Waals surface area contributed by atoms with Gasteiger partial charge in [0.15, 0.2) is 0 Å². The molecule has 2 aliphatic carbocycles. The van der Waals surface area contributed by atoms with Gasteiger partial charge in [0.05, 0.1) is 0 Å². The quantitative estimate of drug-likeness (QED) is 0.840. The first-order valence-electron chi connectivity index (χ1n) is 8.80. The molecule has 2 nitrogen and oxygen atoms in total. The van der Waals surface area contributed by atoms with E-state index in [0.717, 1.165) is 24.4 Å². The second kappa shape index (κ2) is 5.73. The molecule has 4 rings (SSSR count). The molecule has 1 heterocycles. The van der Waals surface area contributed by atoms with Crippen LogP contribution in [0.4, 0.5) is 0 Å². The van der Waals surface area contributed by atoms with Crippen LogP contribution in [-0.4, -0.2) is 42.0 Å². The molecule has 2 heteroatoms. The maximum absolute atomic E-state index is 2.81. The summed E-state index contributed by atoms with van der Waals surface area (Å²) in [6, 6.07) is 9.99. The van der Waals surface area contributed by atoms with E-state index >= 15 is 0 Å². The van der Waals surface area contributed by atoms with E-state index in [1.54, 1.807) is 0 Å². The Morgan fingerprint density at radius 3 is 2.33 bits per heavy atom. The van der Waals surface area contributed by atoms with Gasteiger partial charge in [-0.1, -0.05) is 36.2 Å². The Balaban J connectivity index is 1.29. The number of benzene rings is 1. The molecule has 114 valence electrons. The van der Waals surface area contributed by atoms with E-state index in [1.165, 1.54) is 63.0 Å². The van der Waals surface area contributed by atoms with Crippen molar-refractivity contribution < 1.29 is 0 Å². The van der Waals surface area contributed by atoms with Gasteiger partial charge >= 0.3 is 0 Å². The number of fused-ring (bicyclic) bond motifs is 2. The van der Waals surface area contributed by atoms with Gasteiger partial charge in [-0.3, -0.25) is 9.80 Å². The summed E-state index contributed by atoms with van der Waals surface area (Å²) in [4.78, 5) is 5.45. The summed E-state index contributed by atoms with van der Waals surface area (Å²) in [7, 11) is 0. The summed E-state index contributed by atoms with van der Waals surface area (Å²) in [6.07, 6.45) is 6.07. The zero-order valence-corrected chi connectivity index (χ0v) is 13.3. The van der Waals surface area contributed by atoms with Gasteiger partial charge in [-0.15, -0.1) is 0 Å². The van der Waals surface area contributed by atoms with E-state index in [4.69, 9.17) is 0 Å². The summed E-state index contributed by atoms with van der Waals surface area (Å²) < 4.78 is 0. The number of hydrogen-bond acceptors (Lipinski definition) is 2. The minimum absolute atomic E-state index is 0.935. The second-order valence-corrected chi connectivity index (χ2v) is 7.54. The average Bonchev–Trinajstić information content (AvgIpc) is 3.13. The third-order valence-electron chi connectivity index (χ3n) is 6.10. The second-order valence-electron chi connectivity index (χ2n) is 7.54. The highest BCUT2D eigenvalue weighted by molar-refractivity contribution is 5.21. The number of hydrogen-bond donors (Lipinski definition) is 0. The molecule has 0 aromatic heterocycles. The molecule has 1 aliphatic heterocycles. The first-order valence-corrected chi connectivity index (χ1v) is 8.80. The van der Waals surface area contributed by atoms with Crippen LogP contribution in [0.5, 0.6) is 0 Å². The lowest BCUT2D eigenvalue weighted by atomic mass is 9.93. The van der Waals surface area contributed by atoms with Crippen LogP contribution >= 0.6 is 0 Å². The van der Waals surface area contributed by atoms with Crippen LogP contribution in [0.1, 0.15) is 36.8 Å². The third kappa shape index (κ3) is 2.89. The Hall–Kier alpha value is -0.860. The Morgan fingerprint density at radius 1 is 0.952 bits per heavy atom. The van der Waals surface area contributed by atoms with Crippen molar-refractivity contribution in [1.29, 1.82) is 0 Å².